The molecular weight excluding hydrogens is 222 g/mol. The molecule has 0 radical (unpaired) electrons. The van der Waals surface area contributed by atoms with Crippen molar-refractivity contribution in [3.05, 3.63) is 29.3 Å². The molecule has 4 heteroatoms. The molecule has 0 aromatic heterocycles. The van der Waals surface area contributed by atoms with E-state index < -0.39 is 11.6 Å². The molecule has 1 aromatic carbocycles. The zero-order valence-corrected chi connectivity index (χ0v) is 9.85. The first kappa shape index (κ1) is 11.8. The summed E-state index contributed by atoms with van der Waals surface area (Å²) in [5.74, 6) is -0.961. The molecule has 0 amide bonds. The van der Waals surface area contributed by atoms with Crippen LogP contribution in [0.25, 0.3) is 0 Å². The first-order valence-corrected chi connectivity index (χ1v) is 5.57. The molecule has 1 atom stereocenters. The van der Waals surface area contributed by atoms with Gasteiger partial charge in [-0.3, -0.25) is 0 Å². The standard InChI is InChI=1S/C13H14F2N2/c1-13(2)5-9(13)7-17-12-10(14)3-8(6-16)4-11(12)15/h3-4,9,17H,5,7H2,1-2H3. The molecule has 1 saturated carbocycles. The first-order valence-electron chi connectivity index (χ1n) is 5.57. The number of halogens is 2. The van der Waals surface area contributed by atoms with Crippen LogP contribution in [0.5, 0.6) is 0 Å². The Morgan fingerprint density at radius 2 is 1.94 bits per heavy atom. The first-order chi connectivity index (χ1) is 7.94. The highest BCUT2D eigenvalue weighted by Crippen LogP contribution is 2.51. The van der Waals surface area contributed by atoms with Gasteiger partial charge in [0.2, 0.25) is 0 Å². The number of nitrogens with one attached hydrogen (secondary N) is 1. The normalized spacial score (nSPS) is 20.8. The van der Waals surface area contributed by atoms with Crippen LogP contribution >= 0.6 is 0 Å². The lowest BCUT2D eigenvalue weighted by Crippen LogP contribution is -2.10. The van der Waals surface area contributed by atoms with E-state index in [0.717, 1.165) is 18.6 Å². The van der Waals surface area contributed by atoms with E-state index in [-0.39, 0.29) is 16.7 Å². The molecule has 0 spiro atoms. The van der Waals surface area contributed by atoms with Crippen molar-refractivity contribution >= 4 is 5.69 Å². The zero-order chi connectivity index (χ0) is 12.6. The molecule has 0 saturated heterocycles. The van der Waals surface area contributed by atoms with Gasteiger partial charge in [-0.2, -0.15) is 5.26 Å². The molecule has 1 aliphatic carbocycles. The lowest BCUT2D eigenvalue weighted by atomic mass is 10.1. The van der Waals surface area contributed by atoms with E-state index >= 15 is 0 Å². The summed E-state index contributed by atoms with van der Waals surface area (Å²) in [7, 11) is 0. The Morgan fingerprint density at radius 3 is 2.35 bits per heavy atom. The van der Waals surface area contributed by atoms with Gasteiger partial charge in [-0.1, -0.05) is 13.8 Å². The van der Waals surface area contributed by atoms with Crippen molar-refractivity contribution in [1.29, 1.82) is 5.26 Å². The summed E-state index contributed by atoms with van der Waals surface area (Å²) >= 11 is 0. The van der Waals surface area contributed by atoms with E-state index in [9.17, 15) is 8.78 Å². The molecule has 17 heavy (non-hydrogen) atoms. The predicted molar refractivity (Wildman–Crippen MR) is 61.5 cm³/mol. The summed E-state index contributed by atoms with van der Waals surface area (Å²) in [6.45, 7) is 4.82. The van der Waals surface area contributed by atoms with Gasteiger partial charge in [0.1, 0.15) is 5.69 Å². The minimum absolute atomic E-state index is 0.00250. The van der Waals surface area contributed by atoms with Gasteiger partial charge >= 0.3 is 0 Å². The van der Waals surface area contributed by atoms with Crippen molar-refractivity contribution in [1.82, 2.24) is 0 Å². The lowest BCUT2D eigenvalue weighted by Gasteiger charge is -2.10. The summed E-state index contributed by atoms with van der Waals surface area (Å²) < 4.78 is 27.0. The SMILES string of the molecule is CC1(C)CC1CNc1c(F)cc(C#N)cc1F. The van der Waals surface area contributed by atoms with Crippen LogP contribution in [-0.2, 0) is 0 Å². The average molecular weight is 236 g/mol. The van der Waals surface area contributed by atoms with E-state index in [1.54, 1.807) is 6.07 Å². The molecule has 1 N–H and O–H groups in total. The maximum absolute atomic E-state index is 13.5. The summed E-state index contributed by atoms with van der Waals surface area (Å²) in [5, 5.41) is 11.4. The largest absolute Gasteiger partial charge is 0.380 e. The van der Waals surface area contributed by atoms with Crippen LogP contribution in [-0.4, -0.2) is 6.54 Å². The number of nitrogens with zero attached hydrogens (tertiary/aromatic N) is 1. The summed E-state index contributed by atoms with van der Waals surface area (Å²) in [6, 6.07) is 3.81. The van der Waals surface area contributed by atoms with Crippen LogP contribution in [0.2, 0.25) is 0 Å². The van der Waals surface area contributed by atoms with Crippen LogP contribution < -0.4 is 5.32 Å². The highest BCUT2D eigenvalue weighted by atomic mass is 19.1. The smallest absolute Gasteiger partial charge is 0.150 e. The van der Waals surface area contributed by atoms with Crippen molar-refractivity contribution in [2.75, 3.05) is 11.9 Å². The maximum Gasteiger partial charge on any atom is 0.150 e. The zero-order valence-electron chi connectivity index (χ0n) is 9.85. The van der Waals surface area contributed by atoms with Crippen molar-refractivity contribution in [2.45, 2.75) is 20.3 Å². The molecule has 1 aromatic rings. The second-order valence-electron chi connectivity index (χ2n) is 5.20. The Bertz CT molecular complexity index is 466. The van der Waals surface area contributed by atoms with E-state index in [1.165, 1.54) is 0 Å². The van der Waals surface area contributed by atoms with Gasteiger partial charge in [0.15, 0.2) is 11.6 Å². The van der Waals surface area contributed by atoms with Crippen LogP contribution in [0.15, 0.2) is 12.1 Å². The minimum Gasteiger partial charge on any atom is -0.380 e. The fourth-order valence-corrected chi connectivity index (χ4v) is 1.96. The third-order valence-electron chi connectivity index (χ3n) is 3.41. The summed E-state index contributed by atoms with van der Waals surface area (Å²) in [6.07, 6.45) is 1.07. The Kier molecular flexibility index (Phi) is 2.78. The Hall–Kier alpha value is -1.63. The highest BCUT2D eigenvalue weighted by molar-refractivity contribution is 5.50. The van der Waals surface area contributed by atoms with Gasteiger partial charge in [-0.15, -0.1) is 0 Å². The minimum atomic E-state index is -0.708. The Balaban J connectivity index is 2.09. The van der Waals surface area contributed by atoms with Gasteiger partial charge in [-0.05, 0) is 29.9 Å². The fourth-order valence-electron chi connectivity index (χ4n) is 1.96. The molecule has 1 fully saturated rings. The second-order valence-corrected chi connectivity index (χ2v) is 5.20. The van der Waals surface area contributed by atoms with Crippen molar-refractivity contribution < 1.29 is 8.78 Å². The summed E-state index contributed by atoms with van der Waals surface area (Å²) in [4.78, 5) is 0. The lowest BCUT2D eigenvalue weighted by molar-refractivity contribution is 0.562. The van der Waals surface area contributed by atoms with Crippen LogP contribution in [0.3, 0.4) is 0 Å². The van der Waals surface area contributed by atoms with Crippen molar-refractivity contribution in [3.63, 3.8) is 0 Å². The number of hydrogen-bond acceptors (Lipinski definition) is 2. The number of anilines is 1. The Morgan fingerprint density at radius 1 is 1.41 bits per heavy atom. The van der Waals surface area contributed by atoms with E-state index in [4.69, 9.17) is 5.26 Å². The average Bonchev–Trinajstić information content (AvgIpc) is 2.85. The maximum atomic E-state index is 13.5. The molecule has 0 aliphatic heterocycles. The fraction of sp³-hybridized carbons (Fsp3) is 0.462. The molecule has 1 unspecified atom stereocenters. The van der Waals surface area contributed by atoms with Gasteiger partial charge in [0.25, 0.3) is 0 Å². The van der Waals surface area contributed by atoms with Gasteiger partial charge < -0.3 is 5.32 Å². The number of rotatable bonds is 3. The predicted octanol–water partition coefficient (Wildman–Crippen LogP) is 3.29. The third-order valence-corrected chi connectivity index (χ3v) is 3.41. The van der Waals surface area contributed by atoms with Crippen LogP contribution in [0, 0.1) is 34.3 Å². The molecular formula is C13H14F2N2. The third kappa shape index (κ3) is 2.38. The number of benzene rings is 1. The van der Waals surface area contributed by atoms with Gasteiger partial charge in [0, 0.05) is 6.54 Å². The topological polar surface area (TPSA) is 35.8 Å². The quantitative estimate of drug-likeness (QED) is 0.874. The molecule has 2 nitrogen and oxygen atoms in total. The number of hydrogen-bond donors (Lipinski definition) is 1. The monoisotopic (exact) mass is 236 g/mol. The van der Waals surface area contributed by atoms with Gasteiger partial charge in [0.05, 0.1) is 11.6 Å². The van der Waals surface area contributed by atoms with Gasteiger partial charge in [-0.25, -0.2) is 8.78 Å². The second kappa shape index (κ2) is 3.99. The van der Waals surface area contributed by atoms with Crippen molar-refractivity contribution in [3.8, 4) is 6.07 Å². The Labute approximate surface area is 99.3 Å². The van der Waals surface area contributed by atoms with E-state index in [0.29, 0.717) is 12.5 Å². The summed E-state index contributed by atoms with van der Waals surface area (Å²) in [5.41, 5.74) is 0.135. The molecule has 0 heterocycles. The molecule has 90 valence electrons. The van der Waals surface area contributed by atoms with E-state index in [1.807, 2.05) is 0 Å². The molecule has 2 rings (SSSR count). The molecule has 0 bridgehead atoms. The highest BCUT2D eigenvalue weighted by Gasteiger charge is 2.45. The van der Waals surface area contributed by atoms with Crippen molar-refractivity contribution in [2.24, 2.45) is 11.3 Å². The number of nitriles is 1. The van der Waals surface area contributed by atoms with Crippen LogP contribution in [0.4, 0.5) is 14.5 Å². The van der Waals surface area contributed by atoms with E-state index in [2.05, 4.69) is 19.2 Å². The molecule has 1 aliphatic rings. The van der Waals surface area contributed by atoms with Crippen LogP contribution in [0.1, 0.15) is 25.8 Å².